The molecule has 5 rings (SSSR count). The van der Waals surface area contributed by atoms with Crippen molar-refractivity contribution in [1.29, 1.82) is 5.41 Å². The number of halogens is 1. The molecule has 38 heavy (non-hydrogen) atoms. The summed E-state index contributed by atoms with van der Waals surface area (Å²) in [6.45, 7) is 5.00. The summed E-state index contributed by atoms with van der Waals surface area (Å²) in [5.41, 5.74) is 4.05. The molecular weight excluding hydrogens is 520 g/mol. The van der Waals surface area contributed by atoms with Gasteiger partial charge in [-0.2, -0.15) is 15.1 Å². The fourth-order valence-corrected chi connectivity index (χ4v) is 5.21. The van der Waals surface area contributed by atoms with Gasteiger partial charge in [0.25, 0.3) is 5.91 Å². The summed E-state index contributed by atoms with van der Waals surface area (Å²) >= 11 is 7.51. The summed E-state index contributed by atoms with van der Waals surface area (Å²) in [5.74, 6) is 1.01. The van der Waals surface area contributed by atoms with Crippen LogP contribution < -0.4 is 9.47 Å². The van der Waals surface area contributed by atoms with E-state index in [0.29, 0.717) is 34.2 Å². The molecule has 0 aliphatic carbocycles. The topological polar surface area (TPSA) is 87.3 Å². The van der Waals surface area contributed by atoms with E-state index in [1.54, 1.807) is 12.1 Å². The number of benzene rings is 3. The largest absolute Gasteiger partial charge is 0.490 e. The number of carbonyl (C=O) groups is 1. The van der Waals surface area contributed by atoms with Crippen molar-refractivity contribution in [3.8, 4) is 11.5 Å². The molecule has 9 heteroatoms. The van der Waals surface area contributed by atoms with Crippen molar-refractivity contribution >= 4 is 51.4 Å². The summed E-state index contributed by atoms with van der Waals surface area (Å²) in [6, 6.07) is 20.8. The molecule has 1 amide bonds. The van der Waals surface area contributed by atoms with Gasteiger partial charge in [0.1, 0.15) is 29.8 Å². The third kappa shape index (κ3) is 5.66. The highest BCUT2D eigenvalue weighted by Crippen LogP contribution is 2.33. The number of amides is 1. The van der Waals surface area contributed by atoms with E-state index < -0.39 is 5.91 Å². The standard InChI is InChI=1S/C29H25ClN4O3S/c1-3-19-14-18(2)15-22(16-19)37-13-12-36-21-10-8-20(9-11-21)17-24-26(31)34-29(32-27(24)35)38-28(33-34)23-6-4-5-7-25(23)30/h4-11,14-17,31H,3,12-13H2,1-2H3/b24-17-,31-26?. The zero-order valence-electron chi connectivity index (χ0n) is 20.9. The summed E-state index contributed by atoms with van der Waals surface area (Å²) in [4.78, 5) is 16.9. The predicted molar refractivity (Wildman–Crippen MR) is 154 cm³/mol. The van der Waals surface area contributed by atoms with Crippen molar-refractivity contribution in [2.24, 2.45) is 10.1 Å². The minimum atomic E-state index is -0.482. The maximum absolute atomic E-state index is 12.7. The van der Waals surface area contributed by atoms with Crippen LogP contribution in [0, 0.1) is 12.3 Å². The summed E-state index contributed by atoms with van der Waals surface area (Å²) in [6.07, 6.45) is 2.60. The Morgan fingerprint density at radius 2 is 1.76 bits per heavy atom. The molecule has 7 nitrogen and oxygen atoms in total. The molecular formula is C29H25ClN4O3S. The van der Waals surface area contributed by atoms with Crippen LogP contribution in [0.4, 0.5) is 0 Å². The van der Waals surface area contributed by atoms with Crippen LogP contribution in [0.2, 0.25) is 5.02 Å². The molecule has 0 unspecified atom stereocenters. The Balaban J connectivity index is 1.21. The van der Waals surface area contributed by atoms with E-state index in [9.17, 15) is 4.79 Å². The Hall–Kier alpha value is -3.88. The molecule has 0 spiro atoms. The number of aryl methyl sites for hydroxylation is 2. The SMILES string of the molecule is CCc1cc(C)cc(OCCOc2ccc(/C=C3/C(=N)N4N=C(c5ccccc5Cl)SC4=NC3=O)cc2)c1. The molecule has 0 saturated heterocycles. The first-order valence-corrected chi connectivity index (χ1v) is 13.3. The van der Waals surface area contributed by atoms with Crippen molar-refractivity contribution < 1.29 is 14.3 Å². The second kappa shape index (κ2) is 11.2. The van der Waals surface area contributed by atoms with Crippen LogP contribution in [0.25, 0.3) is 6.08 Å². The van der Waals surface area contributed by atoms with Crippen LogP contribution in [-0.4, -0.2) is 40.2 Å². The van der Waals surface area contributed by atoms with Crippen LogP contribution in [0.3, 0.4) is 0 Å². The quantitative estimate of drug-likeness (QED) is 0.264. The van der Waals surface area contributed by atoms with Crippen LogP contribution in [-0.2, 0) is 11.2 Å². The first kappa shape index (κ1) is 25.8. The van der Waals surface area contributed by atoms with Crippen LogP contribution >= 0.6 is 23.4 Å². The van der Waals surface area contributed by atoms with Crippen LogP contribution in [0.5, 0.6) is 11.5 Å². The highest BCUT2D eigenvalue weighted by Gasteiger charge is 2.36. The first-order valence-electron chi connectivity index (χ1n) is 12.1. The molecule has 1 N–H and O–H groups in total. The number of nitrogens with one attached hydrogen (secondary N) is 1. The third-order valence-corrected chi connectivity index (χ3v) is 7.16. The number of fused-ring (bicyclic) bond motifs is 1. The van der Waals surface area contributed by atoms with Gasteiger partial charge >= 0.3 is 0 Å². The highest BCUT2D eigenvalue weighted by atomic mass is 35.5. The number of hydrazone groups is 1. The normalized spacial score (nSPS) is 15.9. The van der Waals surface area contributed by atoms with E-state index in [0.717, 1.165) is 23.3 Å². The van der Waals surface area contributed by atoms with Crippen molar-refractivity contribution in [3.05, 3.63) is 99.6 Å². The minimum absolute atomic E-state index is 0.0330. The van der Waals surface area contributed by atoms with Gasteiger partial charge in [-0.15, -0.1) is 0 Å². The number of aliphatic imine (C=N–C) groups is 1. The molecule has 3 aromatic carbocycles. The average molecular weight is 545 g/mol. The van der Waals surface area contributed by atoms with Gasteiger partial charge in [0.05, 0.1) is 10.6 Å². The van der Waals surface area contributed by atoms with Gasteiger partial charge in [0, 0.05) is 5.56 Å². The highest BCUT2D eigenvalue weighted by molar-refractivity contribution is 8.27. The molecule has 2 aliphatic rings. The van der Waals surface area contributed by atoms with E-state index in [1.807, 2.05) is 48.5 Å². The zero-order valence-corrected chi connectivity index (χ0v) is 22.5. The molecule has 2 aliphatic heterocycles. The van der Waals surface area contributed by atoms with E-state index in [2.05, 4.69) is 36.1 Å². The Labute approximate surface area is 230 Å². The smallest absolute Gasteiger partial charge is 0.283 e. The second-order valence-electron chi connectivity index (χ2n) is 8.68. The van der Waals surface area contributed by atoms with E-state index >= 15 is 0 Å². The lowest BCUT2D eigenvalue weighted by molar-refractivity contribution is -0.114. The average Bonchev–Trinajstić information content (AvgIpc) is 3.33. The molecule has 0 bridgehead atoms. The van der Waals surface area contributed by atoms with Gasteiger partial charge in [-0.1, -0.05) is 54.9 Å². The Bertz CT molecular complexity index is 1500. The molecule has 0 aromatic heterocycles. The maximum Gasteiger partial charge on any atom is 0.283 e. The first-order chi connectivity index (χ1) is 18.4. The second-order valence-corrected chi connectivity index (χ2v) is 10.0. The Morgan fingerprint density at radius 1 is 1.03 bits per heavy atom. The molecule has 0 fully saturated rings. The Kier molecular flexibility index (Phi) is 7.62. The summed E-state index contributed by atoms with van der Waals surface area (Å²) in [7, 11) is 0. The number of ether oxygens (including phenoxy) is 2. The van der Waals surface area contributed by atoms with Gasteiger partial charge in [-0.05, 0) is 78.2 Å². The monoisotopic (exact) mass is 544 g/mol. The van der Waals surface area contributed by atoms with Gasteiger partial charge in [0.15, 0.2) is 5.84 Å². The van der Waals surface area contributed by atoms with E-state index in [4.69, 9.17) is 26.5 Å². The molecule has 192 valence electrons. The van der Waals surface area contributed by atoms with Gasteiger partial charge in [-0.25, -0.2) is 0 Å². The van der Waals surface area contributed by atoms with Crippen LogP contribution in [0.15, 0.2) is 82.4 Å². The number of hydrogen-bond donors (Lipinski definition) is 1. The lowest BCUT2D eigenvalue weighted by atomic mass is 10.1. The van der Waals surface area contributed by atoms with Crippen molar-refractivity contribution in [3.63, 3.8) is 0 Å². The fourth-order valence-electron chi connectivity index (χ4n) is 3.99. The Morgan fingerprint density at radius 3 is 2.50 bits per heavy atom. The molecule has 2 heterocycles. The van der Waals surface area contributed by atoms with Crippen molar-refractivity contribution in [2.45, 2.75) is 20.3 Å². The summed E-state index contributed by atoms with van der Waals surface area (Å²) in [5, 5.41) is 15.9. The van der Waals surface area contributed by atoms with E-state index in [1.165, 1.54) is 27.9 Å². The summed E-state index contributed by atoms with van der Waals surface area (Å²) < 4.78 is 11.6. The van der Waals surface area contributed by atoms with Gasteiger partial charge in [-0.3, -0.25) is 10.2 Å². The zero-order chi connectivity index (χ0) is 26.6. The lowest BCUT2D eigenvalue weighted by Crippen LogP contribution is -2.35. The molecule has 0 atom stereocenters. The van der Waals surface area contributed by atoms with Crippen molar-refractivity contribution in [2.75, 3.05) is 13.2 Å². The maximum atomic E-state index is 12.7. The molecule has 3 aromatic rings. The minimum Gasteiger partial charge on any atom is -0.490 e. The van der Waals surface area contributed by atoms with E-state index in [-0.39, 0.29) is 11.4 Å². The van der Waals surface area contributed by atoms with Gasteiger partial charge < -0.3 is 9.47 Å². The molecule has 0 saturated carbocycles. The molecule has 0 radical (unpaired) electrons. The number of rotatable bonds is 8. The van der Waals surface area contributed by atoms with Crippen LogP contribution in [0.1, 0.15) is 29.2 Å². The fraction of sp³-hybridized carbons (Fsp3) is 0.172. The predicted octanol–water partition coefficient (Wildman–Crippen LogP) is 6.34. The number of amidine groups is 2. The third-order valence-electron chi connectivity index (χ3n) is 5.89. The number of thioether (sulfide) groups is 1. The van der Waals surface area contributed by atoms with Gasteiger partial charge in [0.2, 0.25) is 5.17 Å². The number of hydrogen-bond acceptors (Lipinski definition) is 6. The lowest BCUT2D eigenvalue weighted by Gasteiger charge is -2.20. The number of nitrogens with zero attached hydrogens (tertiary/aromatic N) is 3. The number of carbonyl (C=O) groups excluding carboxylic acids is 1. The van der Waals surface area contributed by atoms with Crippen molar-refractivity contribution in [1.82, 2.24) is 5.01 Å².